The first kappa shape index (κ1) is 30.1. The lowest BCUT2D eigenvalue weighted by molar-refractivity contribution is -0.140. The number of carbonyl (C=O) groups excluding carboxylic acids is 3. The molecule has 9 heteroatoms. The minimum atomic E-state index is -0.658. The fourth-order valence-corrected chi connectivity index (χ4v) is 4.61. The maximum Gasteiger partial charge on any atom is 0.338 e. The first-order chi connectivity index (χ1) is 18.2. The van der Waals surface area contributed by atoms with Gasteiger partial charge in [0.1, 0.15) is 13.2 Å². The summed E-state index contributed by atoms with van der Waals surface area (Å²) in [5.41, 5.74) is -0.198. The third kappa shape index (κ3) is 7.12. The fourth-order valence-electron chi connectivity index (χ4n) is 4.61. The van der Waals surface area contributed by atoms with Crippen molar-refractivity contribution in [1.29, 1.82) is 0 Å². The Balaban J connectivity index is 1.78. The molecule has 0 bridgehead atoms. The topological polar surface area (TPSA) is 118 Å². The molecule has 38 heavy (non-hydrogen) atoms. The van der Waals surface area contributed by atoms with Gasteiger partial charge in [-0.1, -0.05) is 34.1 Å². The Hall–Kier alpha value is -2.49. The molecule has 0 spiro atoms. The van der Waals surface area contributed by atoms with Gasteiger partial charge in [-0.25, -0.2) is 14.4 Å². The van der Waals surface area contributed by atoms with Gasteiger partial charge < -0.3 is 28.8 Å². The van der Waals surface area contributed by atoms with E-state index in [0.29, 0.717) is 26.4 Å². The molecule has 2 atom stereocenters. The molecule has 2 saturated heterocycles. The number of ether oxygens (including phenoxy) is 5. The van der Waals surface area contributed by atoms with Crippen molar-refractivity contribution in [2.75, 3.05) is 52.9 Å². The molecule has 0 amide bonds. The van der Waals surface area contributed by atoms with Crippen molar-refractivity contribution in [3.8, 4) is 0 Å². The van der Waals surface area contributed by atoms with Gasteiger partial charge in [0, 0.05) is 6.61 Å². The molecular formula is C29H42O9. The zero-order valence-corrected chi connectivity index (χ0v) is 23.1. The third-order valence-corrected chi connectivity index (χ3v) is 8.17. The third-order valence-electron chi connectivity index (χ3n) is 8.17. The monoisotopic (exact) mass is 534 g/mol. The van der Waals surface area contributed by atoms with Crippen LogP contribution in [-0.2, 0) is 23.7 Å². The molecule has 1 aromatic carbocycles. The van der Waals surface area contributed by atoms with E-state index in [-0.39, 0.29) is 65.8 Å². The Labute approximate surface area is 225 Å². The number of rotatable bonds is 15. The maximum atomic E-state index is 13.0. The molecule has 0 aliphatic carbocycles. The van der Waals surface area contributed by atoms with Crippen LogP contribution in [0.15, 0.2) is 18.2 Å². The van der Waals surface area contributed by atoms with Crippen LogP contribution in [0.2, 0.25) is 0 Å². The predicted molar refractivity (Wildman–Crippen MR) is 139 cm³/mol. The summed E-state index contributed by atoms with van der Waals surface area (Å²) in [6, 6.07) is 4.16. The van der Waals surface area contributed by atoms with Crippen LogP contribution < -0.4 is 0 Å². The van der Waals surface area contributed by atoms with Gasteiger partial charge in [-0.2, -0.15) is 0 Å². The minimum Gasteiger partial charge on any atom is -0.462 e. The van der Waals surface area contributed by atoms with Gasteiger partial charge in [-0.3, -0.25) is 0 Å². The molecule has 0 radical (unpaired) electrons. The minimum absolute atomic E-state index is 0.00334. The number of carbonyl (C=O) groups is 3. The average molecular weight is 535 g/mol. The highest BCUT2D eigenvalue weighted by Crippen LogP contribution is 2.33. The summed E-state index contributed by atoms with van der Waals surface area (Å²) in [4.78, 5) is 39.0. The van der Waals surface area contributed by atoms with Crippen molar-refractivity contribution >= 4 is 17.9 Å². The van der Waals surface area contributed by atoms with Gasteiger partial charge in [0.05, 0.1) is 60.6 Å². The molecule has 1 N–H and O–H groups in total. The number of aliphatic hydroxyl groups is 1. The second-order valence-electron chi connectivity index (χ2n) is 10.8. The molecule has 3 rings (SSSR count). The van der Waals surface area contributed by atoms with Gasteiger partial charge in [-0.15, -0.1) is 0 Å². The Bertz CT molecular complexity index is 894. The van der Waals surface area contributed by atoms with E-state index in [9.17, 15) is 19.5 Å². The zero-order chi connectivity index (χ0) is 27.8. The quantitative estimate of drug-likeness (QED) is 0.263. The van der Waals surface area contributed by atoms with E-state index in [0.717, 1.165) is 25.7 Å². The van der Waals surface area contributed by atoms with Crippen LogP contribution in [0.1, 0.15) is 84.5 Å². The Morgan fingerprint density at radius 3 is 1.42 bits per heavy atom. The molecule has 2 aliphatic rings. The van der Waals surface area contributed by atoms with Gasteiger partial charge >= 0.3 is 17.9 Å². The maximum absolute atomic E-state index is 13.0. The second kappa shape index (κ2) is 13.5. The predicted octanol–water partition coefficient (Wildman–Crippen LogP) is 4.05. The molecule has 2 unspecified atom stereocenters. The zero-order valence-electron chi connectivity index (χ0n) is 23.1. The summed E-state index contributed by atoms with van der Waals surface area (Å²) in [6.45, 7) is 10.6. The lowest BCUT2D eigenvalue weighted by Gasteiger charge is -2.40. The average Bonchev–Trinajstić information content (AvgIpc) is 2.89. The summed E-state index contributed by atoms with van der Waals surface area (Å²) >= 11 is 0. The van der Waals surface area contributed by atoms with Crippen LogP contribution in [0.5, 0.6) is 0 Å². The Morgan fingerprint density at radius 2 is 1.13 bits per heavy atom. The van der Waals surface area contributed by atoms with Crippen LogP contribution in [0, 0.1) is 22.7 Å². The lowest BCUT2D eigenvalue weighted by atomic mass is 9.84. The molecule has 1 aromatic rings. The van der Waals surface area contributed by atoms with Crippen molar-refractivity contribution in [2.24, 2.45) is 22.7 Å². The van der Waals surface area contributed by atoms with Crippen molar-refractivity contribution in [3.63, 3.8) is 0 Å². The molecule has 2 aliphatic heterocycles. The standard InChI is InChI=1S/C29H42O9/c1-5-20(12-30)21(6-2)13-36-25(31)22-9-23(26(32)37-18-28(7-3)14-34-15-28)11-24(10-22)27(33)38-19-29(8-4)16-35-17-29/h9-11,20-21,30H,5-8,12-19H2,1-4H3. The van der Waals surface area contributed by atoms with Crippen molar-refractivity contribution in [2.45, 2.75) is 53.4 Å². The number of hydrogen-bond acceptors (Lipinski definition) is 9. The number of aliphatic hydroxyl groups excluding tert-OH is 1. The second-order valence-corrected chi connectivity index (χ2v) is 10.8. The van der Waals surface area contributed by atoms with Crippen LogP contribution in [0.25, 0.3) is 0 Å². The first-order valence-corrected chi connectivity index (χ1v) is 13.7. The summed E-state index contributed by atoms with van der Waals surface area (Å²) in [5, 5.41) is 9.64. The van der Waals surface area contributed by atoms with Crippen LogP contribution in [0.4, 0.5) is 0 Å². The lowest BCUT2D eigenvalue weighted by Crippen LogP contribution is -2.46. The van der Waals surface area contributed by atoms with Crippen molar-refractivity contribution in [3.05, 3.63) is 34.9 Å². The molecule has 0 aromatic heterocycles. The summed E-state index contributed by atoms with van der Waals surface area (Å²) < 4.78 is 27.3. The summed E-state index contributed by atoms with van der Waals surface area (Å²) in [7, 11) is 0. The van der Waals surface area contributed by atoms with E-state index >= 15 is 0 Å². The largest absolute Gasteiger partial charge is 0.462 e. The Kier molecular flexibility index (Phi) is 10.7. The van der Waals surface area contributed by atoms with E-state index in [1.807, 2.05) is 27.7 Å². The molecular weight excluding hydrogens is 492 g/mol. The highest BCUT2D eigenvalue weighted by molar-refractivity contribution is 6.00. The van der Waals surface area contributed by atoms with Gasteiger partial charge in [0.25, 0.3) is 0 Å². The van der Waals surface area contributed by atoms with Crippen LogP contribution in [0.3, 0.4) is 0 Å². The summed E-state index contributed by atoms with van der Waals surface area (Å²) in [6.07, 6.45) is 3.11. The van der Waals surface area contributed by atoms with E-state index in [2.05, 4.69) is 0 Å². The number of benzene rings is 1. The Morgan fingerprint density at radius 1 is 0.737 bits per heavy atom. The van der Waals surface area contributed by atoms with Gasteiger partial charge in [-0.05, 0) is 49.3 Å². The van der Waals surface area contributed by atoms with E-state index in [1.54, 1.807) is 0 Å². The normalized spacial score (nSPS) is 18.9. The first-order valence-electron chi connectivity index (χ1n) is 13.7. The highest BCUT2D eigenvalue weighted by Gasteiger charge is 2.39. The fraction of sp³-hybridized carbons (Fsp3) is 0.690. The van der Waals surface area contributed by atoms with E-state index in [1.165, 1.54) is 18.2 Å². The van der Waals surface area contributed by atoms with Gasteiger partial charge in [0.15, 0.2) is 0 Å². The highest BCUT2D eigenvalue weighted by atomic mass is 16.6. The summed E-state index contributed by atoms with van der Waals surface area (Å²) in [5.74, 6) is -1.92. The van der Waals surface area contributed by atoms with E-state index < -0.39 is 17.9 Å². The molecule has 2 fully saturated rings. The van der Waals surface area contributed by atoms with Crippen molar-refractivity contribution < 1.29 is 43.2 Å². The SMILES string of the molecule is CCC(CO)C(CC)COC(=O)c1cc(C(=O)OCC2(CC)COC2)cc(C(=O)OCC2(CC)COC2)c1. The molecule has 2 heterocycles. The van der Waals surface area contributed by atoms with Crippen molar-refractivity contribution in [1.82, 2.24) is 0 Å². The van der Waals surface area contributed by atoms with Gasteiger partial charge in [0.2, 0.25) is 0 Å². The van der Waals surface area contributed by atoms with Crippen LogP contribution >= 0.6 is 0 Å². The number of esters is 3. The smallest absolute Gasteiger partial charge is 0.338 e. The molecule has 0 saturated carbocycles. The number of hydrogen-bond donors (Lipinski definition) is 1. The van der Waals surface area contributed by atoms with Crippen LogP contribution in [-0.4, -0.2) is 75.9 Å². The molecule has 9 nitrogen and oxygen atoms in total. The van der Waals surface area contributed by atoms with E-state index in [4.69, 9.17) is 23.7 Å². The molecule has 212 valence electrons.